The molecule has 0 atom stereocenters. The van der Waals surface area contributed by atoms with Crippen LogP contribution in [0.25, 0.3) is 10.9 Å². The molecule has 2 N–H and O–H groups in total. The third-order valence-corrected chi connectivity index (χ3v) is 3.68. The third kappa shape index (κ3) is 2.50. The van der Waals surface area contributed by atoms with Crippen LogP contribution in [-0.2, 0) is 0 Å². The molecule has 0 unspecified atom stereocenters. The highest BCUT2D eigenvalue weighted by atomic mass is 16.1. The van der Waals surface area contributed by atoms with Crippen LogP contribution in [0.15, 0.2) is 48.5 Å². The minimum atomic E-state index is -0.0212. The van der Waals surface area contributed by atoms with Crippen LogP contribution in [0.3, 0.4) is 0 Å². The molecular formula is C17H15N5O. The van der Waals surface area contributed by atoms with Gasteiger partial charge in [0.05, 0.1) is 11.9 Å². The predicted octanol–water partition coefficient (Wildman–Crippen LogP) is 2.55. The molecule has 0 saturated heterocycles. The van der Waals surface area contributed by atoms with E-state index in [1.54, 1.807) is 18.2 Å². The molecule has 0 fully saturated rings. The van der Waals surface area contributed by atoms with Gasteiger partial charge in [-0.2, -0.15) is 4.98 Å². The first-order chi connectivity index (χ1) is 11.2. The second kappa shape index (κ2) is 5.84. The molecule has 3 rings (SSSR count). The average molecular weight is 305 g/mol. The van der Waals surface area contributed by atoms with E-state index in [1.165, 1.54) is 4.57 Å². The number of aromatic nitrogens is 2. The Balaban J connectivity index is 2.25. The van der Waals surface area contributed by atoms with Crippen molar-refractivity contribution >= 4 is 35.0 Å². The highest BCUT2D eigenvalue weighted by molar-refractivity contribution is 5.94. The lowest BCUT2D eigenvalue weighted by molar-refractivity contribution is 0.112. The smallest absolute Gasteiger partial charge is 0.229 e. The lowest BCUT2D eigenvalue weighted by Crippen LogP contribution is -2.26. The number of nitrogens with one attached hydrogen (secondary N) is 2. The van der Waals surface area contributed by atoms with Crippen molar-refractivity contribution in [2.75, 3.05) is 11.9 Å². The highest BCUT2D eigenvalue weighted by Gasteiger charge is 2.13. The molecule has 0 spiro atoms. The van der Waals surface area contributed by atoms with Crippen LogP contribution in [0.5, 0.6) is 0 Å². The Morgan fingerprint density at radius 1 is 1.17 bits per heavy atom. The van der Waals surface area contributed by atoms with E-state index in [4.69, 9.17) is 10.8 Å². The van der Waals surface area contributed by atoms with Crippen molar-refractivity contribution in [3.05, 3.63) is 59.7 Å². The number of aldehydes is 1. The minimum Gasteiger partial charge on any atom is -0.329 e. The number of hydrogen-bond donors (Lipinski definition) is 2. The summed E-state index contributed by atoms with van der Waals surface area (Å²) in [7, 11) is 1.84. The molecule has 0 radical (unpaired) electrons. The first kappa shape index (κ1) is 14.6. The Labute approximate surface area is 132 Å². The molecule has 0 amide bonds. The van der Waals surface area contributed by atoms with E-state index in [9.17, 15) is 4.79 Å². The number of nitrogens with zero attached hydrogens (tertiary/aromatic N) is 3. The van der Waals surface area contributed by atoms with Gasteiger partial charge in [0.25, 0.3) is 0 Å². The summed E-state index contributed by atoms with van der Waals surface area (Å²) in [5.41, 5.74) is 2.09. The summed E-state index contributed by atoms with van der Waals surface area (Å²) in [6, 6.07) is 14.7. The Hall–Kier alpha value is -3.28. The van der Waals surface area contributed by atoms with E-state index in [0.717, 1.165) is 29.2 Å². The Kier molecular flexibility index (Phi) is 3.72. The van der Waals surface area contributed by atoms with Crippen LogP contribution < -0.4 is 10.5 Å². The van der Waals surface area contributed by atoms with Crippen molar-refractivity contribution in [2.45, 2.75) is 0 Å². The van der Waals surface area contributed by atoms with Gasteiger partial charge in [0.15, 0.2) is 0 Å². The average Bonchev–Trinajstić information content (AvgIpc) is 2.60. The fourth-order valence-corrected chi connectivity index (χ4v) is 2.52. The second-order valence-corrected chi connectivity index (χ2v) is 5.05. The van der Waals surface area contributed by atoms with E-state index in [2.05, 4.69) is 4.98 Å². The number of carbonyl (C=O) groups is 1. The number of fused-ring (bicyclic) bond motifs is 1. The number of hydrogen-bond acceptors (Lipinski definition) is 5. The van der Waals surface area contributed by atoms with E-state index in [-0.39, 0.29) is 5.62 Å². The summed E-state index contributed by atoms with van der Waals surface area (Å²) in [4.78, 5) is 17.1. The second-order valence-electron chi connectivity index (χ2n) is 5.05. The first-order valence-corrected chi connectivity index (χ1v) is 7.01. The third-order valence-electron chi connectivity index (χ3n) is 3.68. The van der Waals surface area contributed by atoms with Crippen LogP contribution >= 0.6 is 0 Å². The van der Waals surface area contributed by atoms with Crippen LogP contribution in [0, 0.1) is 10.8 Å². The molecule has 0 aliphatic carbocycles. The molecule has 6 heteroatoms. The lowest BCUT2D eigenvalue weighted by Gasteiger charge is -2.21. The van der Waals surface area contributed by atoms with Crippen molar-refractivity contribution in [3.63, 3.8) is 0 Å². The molecular weight excluding hydrogens is 290 g/mol. The van der Waals surface area contributed by atoms with Crippen molar-refractivity contribution in [1.29, 1.82) is 10.8 Å². The molecule has 114 valence electrons. The Morgan fingerprint density at radius 2 is 1.96 bits per heavy atom. The quantitative estimate of drug-likeness (QED) is 0.441. The van der Waals surface area contributed by atoms with Gasteiger partial charge in [-0.3, -0.25) is 20.2 Å². The summed E-state index contributed by atoms with van der Waals surface area (Å²) in [5.74, 6) is 0.603. The Morgan fingerprint density at radius 3 is 2.70 bits per heavy atom. The highest BCUT2D eigenvalue weighted by Crippen LogP contribution is 2.27. The molecule has 2 aromatic carbocycles. The lowest BCUT2D eigenvalue weighted by atomic mass is 10.2. The van der Waals surface area contributed by atoms with Crippen LogP contribution in [0.2, 0.25) is 0 Å². The van der Waals surface area contributed by atoms with Crippen molar-refractivity contribution in [3.8, 4) is 0 Å². The largest absolute Gasteiger partial charge is 0.329 e. The molecule has 0 aliphatic rings. The van der Waals surface area contributed by atoms with Gasteiger partial charge in [0.1, 0.15) is 12.1 Å². The molecule has 3 aromatic rings. The van der Waals surface area contributed by atoms with Gasteiger partial charge in [-0.25, -0.2) is 0 Å². The normalized spacial score (nSPS) is 10.5. The van der Waals surface area contributed by atoms with Gasteiger partial charge >= 0.3 is 0 Å². The SMILES string of the molecule is CN(c1cccc(C=O)c1)c1nc(=N)n(C=N)c2ccccc12. The monoisotopic (exact) mass is 305 g/mol. The van der Waals surface area contributed by atoms with Crippen LogP contribution in [0.1, 0.15) is 10.4 Å². The molecule has 23 heavy (non-hydrogen) atoms. The van der Waals surface area contributed by atoms with Crippen molar-refractivity contribution in [2.24, 2.45) is 0 Å². The van der Waals surface area contributed by atoms with Gasteiger partial charge in [-0.15, -0.1) is 0 Å². The number of carbonyl (C=O) groups excluding carboxylic acids is 1. The minimum absolute atomic E-state index is 0.0212. The maximum atomic E-state index is 11.0. The van der Waals surface area contributed by atoms with Gasteiger partial charge < -0.3 is 4.90 Å². The molecule has 0 saturated carbocycles. The van der Waals surface area contributed by atoms with E-state index in [1.807, 2.05) is 42.3 Å². The number of para-hydroxylation sites is 1. The number of benzene rings is 2. The number of anilines is 2. The molecule has 0 aliphatic heterocycles. The summed E-state index contributed by atoms with van der Waals surface area (Å²) < 4.78 is 1.41. The fourth-order valence-electron chi connectivity index (χ4n) is 2.52. The topological polar surface area (TPSA) is 85.8 Å². The van der Waals surface area contributed by atoms with Gasteiger partial charge in [0.2, 0.25) is 5.62 Å². The first-order valence-electron chi connectivity index (χ1n) is 7.01. The van der Waals surface area contributed by atoms with E-state index < -0.39 is 0 Å². The molecule has 0 bridgehead atoms. The van der Waals surface area contributed by atoms with Crippen LogP contribution in [0.4, 0.5) is 11.5 Å². The molecule has 1 heterocycles. The van der Waals surface area contributed by atoms with Crippen LogP contribution in [-0.4, -0.2) is 29.2 Å². The fraction of sp³-hybridized carbons (Fsp3) is 0.0588. The molecule has 1 aromatic heterocycles. The standard InChI is InChI=1S/C17H15N5O/c1-21(13-6-4-5-12(9-13)10-23)16-14-7-2-3-8-15(14)22(11-18)17(19)20-16/h2-11,18-19H,1H3. The number of rotatable bonds is 4. The maximum absolute atomic E-state index is 11.0. The van der Waals surface area contributed by atoms with Crippen molar-refractivity contribution in [1.82, 2.24) is 9.55 Å². The van der Waals surface area contributed by atoms with Crippen molar-refractivity contribution < 1.29 is 4.79 Å². The van der Waals surface area contributed by atoms with E-state index >= 15 is 0 Å². The summed E-state index contributed by atoms with van der Waals surface area (Å²) in [5, 5.41) is 16.4. The maximum Gasteiger partial charge on any atom is 0.229 e. The van der Waals surface area contributed by atoms with E-state index in [0.29, 0.717) is 11.4 Å². The molecule has 6 nitrogen and oxygen atoms in total. The zero-order chi connectivity index (χ0) is 16.4. The zero-order valence-electron chi connectivity index (χ0n) is 12.5. The zero-order valence-corrected chi connectivity index (χ0v) is 12.5. The van der Waals surface area contributed by atoms with Gasteiger partial charge in [0, 0.05) is 23.7 Å². The van der Waals surface area contributed by atoms with Gasteiger partial charge in [-0.1, -0.05) is 24.3 Å². The summed E-state index contributed by atoms with van der Waals surface area (Å²) >= 11 is 0. The summed E-state index contributed by atoms with van der Waals surface area (Å²) in [6.07, 6.45) is 1.88. The Bertz CT molecular complexity index is 961. The predicted molar refractivity (Wildman–Crippen MR) is 89.7 cm³/mol. The summed E-state index contributed by atoms with van der Waals surface area (Å²) in [6.45, 7) is 0. The van der Waals surface area contributed by atoms with Gasteiger partial charge in [-0.05, 0) is 24.3 Å².